The summed E-state index contributed by atoms with van der Waals surface area (Å²) in [5.41, 5.74) is 2.11. The molecule has 0 aliphatic rings. The number of hydrogen-bond acceptors (Lipinski definition) is 3. The Morgan fingerprint density at radius 1 is 1.14 bits per heavy atom. The number of rotatable bonds is 3. The minimum Gasteiger partial charge on any atom is -0.456 e. The van der Waals surface area contributed by atoms with E-state index in [9.17, 15) is 4.79 Å². The van der Waals surface area contributed by atoms with Gasteiger partial charge >= 0.3 is 5.97 Å². The lowest BCUT2D eigenvalue weighted by atomic mass is 9.91. The second kappa shape index (κ2) is 6.08. The molecule has 0 spiro atoms. The van der Waals surface area contributed by atoms with Gasteiger partial charge in [0.1, 0.15) is 5.60 Å². The number of carbonyl (C=O) groups excluding carboxylic acids is 1. The van der Waals surface area contributed by atoms with Gasteiger partial charge in [0.2, 0.25) is 0 Å². The van der Waals surface area contributed by atoms with Crippen LogP contribution in [0.4, 0.5) is 0 Å². The molecule has 1 aromatic heterocycles. The fourth-order valence-corrected chi connectivity index (χ4v) is 2.19. The molecular formula is C18H21NO2. The summed E-state index contributed by atoms with van der Waals surface area (Å²) >= 11 is 0. The molecule has 21 heavy (non-hydrogen) atoms. The van der Waals surface area contributed by atoms with Crippen LogP contribution in [0.1, 0.15) is 55.1 Å². The van der Waals surface area contributed by atoms with Crippen LogP contribution < -0.4 is 0 Å². The quantitative estimate of drug-likeness (QED) is 0.793. The number of nitrogens with zero attached hydrogens (tertiary/aromatic N) is 1. The SMILES string of the molecule is CC(c1ccccc1)c1cnccc1C(=O)OC(C)(C)C. The zero-order valence-electron chi connectivity index (χ0n) is 13.0. The van der Waals surface area contributed by atoms with Crippen LogP contribution in [0.15, 0.2) is 48.8 Å². The molecule has 0 N–H and O–H groups in total. The van der Waals surface area contributed by atoms with Crippen LogP contribution in [0.5, 0.6) is 0 Å². The van der Waals surface area contributed by atoms with Gasteiger partial charge < -0.3 is 4.74 Å². The Morgan fingerprint density at radius 2 is 1.81 bits per heavy atom. The van der Waals surface area contributed by atoms with Gasteiger partial charge in [-0.25, -0.2) is 4.79 Å². The molecule has 0 aliphatic carbocycles. The first kappa shape index (κ1) is 15.2. The largest absolute Gasteiger partial charge is 0.456 e. The molecule has 2 aromatic rings. The summed E-state index contributed by atoms with van der Waals surface area (Å²) in [7, 11) is 0. The Bertz CT molecular complexity index is 615. The molecule has 1 heterocycles. The van der Waals surface area contributed by atoms with Crippen molar-refractivity contribution in [2.24, 2.45) is 0 Å². The number of esters is 1. The van der Waals surface area contributed by atoms with Gasteiger partial charge in [-0.05, 0) is 38.0 Å². The summed E-state index contributed by atoms with van der Waals surface area (Å²) < 4.78 is 5.48. The molecule has 2 rings (SSSR count). The van der Waals surface area contributed by atoms with Crippen LogP contribution in [-0.2, 0) is 4.74 Å². The summed E-state index contributed by atoms with van der Waals surface area (Å²) in [5.74, 6) is -0.218. The third kappa shape index (κ3) is 3.91. The monoisotopic (exact) mass is 283 g/mol. The average molecular weight is 283 g/mol. The van der Waals surface area contributed by atoms with Gasteiger partial charge in [-0.2, -0.15) is 0 Å². The third-order valence-electron chi connectivity index (χ3n) is 3.24. The molecule has 3 heteroatoms. The lowest BCUT2D eigenvalue weighted by Crippen LogP contribution is -2.25. The molecule has 0 amide bonds. The maximum Gasteiger partial charge on any atom is 0.339 e. The molecule has 1 aromatic carbocycles. The minimum atomic E-state index is -0.506. The lowest BCUT2D eigenvalue weighted by Gasteiger charge is -2.22. The molecule has 1 atom stereocenters. The van der Waals surface area contributed by atoms with Crippen molar-refractivity contribution < 1.29 is 9.53 Å². The fraction of sp³-hybridized carbons (Fsp3) is 0.333. The van der Waals surface area contributed by atoms with Crippen LogP contribution in [0, 0.1) is 0 Å². The van der Waals surface area contributed by atoms with Gasteiger partial charge in [-0.1, -0.05) is 37.3 Å². The second-order valence-electron chi connectivity index (χ2n) is 6.10. The number of carbonyl (C=O) groups is 1. The van der Waals surface area contributed by atoms with E-state index in [1.165, 1.54) is 0 Å². The highest BCUT2D eigenvalue weighted by atomic mass is 16.6. The van der Waals surface area contributed by atoms with E-state index in [0.717, 1.165) is 11.1 Å². The van der Waals surface area contributed by atoms with E-state index in [0.29, 0.717) is 5.56 Å². The number of pyridine rings is 1. The lowest BCUT2D eigenvalue weighted by molar-refractivity contribution is 0.00679. The molecule has 0 saturated heterocycles. The van der Waals surface area contributed by atoms with Gasteiger partial charge in [0, 0.05) is 18.3 Å². The molecule has 0 saturated carbocycles. The molecule has 110 valence electrons. The van der Waals surface area contributed by atoms with Crippen LogP contribution >= 0.6 is 0 Å². The Hall–Kier alpha value is -2.16. The summed E-state index contributed by atoms with van der Waals surface area (Å²) in [4.78, 5) is 16.5. The molecule has 0 fully saturated rings. The highest BCUT2D eigenvalue weighted by Gasteiger charge is 2.22. The first-order valence-electron chi connectivity index (χ1n) is 7.10. The third-order valence-corrected chi connectivity index (χ3v) is 3.24. The van der Waals surface area contributed by atoms with E-state index in [1.54, 1.807) is 18.5 Å². The van der Waals surface area contributed by atoms with Crippen molar-refractivity contribution in [2.45, 2.75) is 39.2 Å². The van der Waals surface area contributed by atoms with E-state index in [1.807, 2.05) is 39.0 Å². The normalized spacial score (nSPS) is 12.8. The minimum absolute atomic E-state index is 0.0856. The van der Waals surface area contributed by atoms with Crippen molar-refractivity contribution in [1.82, 2.24) is 4.98 Å². The maximum atomic E-state index is 12.4. The number of hydrogen-bond donors (Lipinski definition) is 0. The van der Waals surface area contributed by atoms with Crippen molar-refractivity contribution >= 4 is 5.97 Å². The van der Waals surface area contributed by atoms with Crippen molar-refractivity contribution in [3.63, 3.8) is 0 Å². The summed E-state index contributed by atoms with van der Waals surface area (Å²) in [6.07, 6.45) is 3.37. The first-order chi connectivity index (χ1) is 9.88. The first-order valence-corrected chi connectivity index (χ1v) is 7.10. The molecule has 3 nitrogen and oxygen atoms in total. The predicted octanol–water partition coefficient (Wildman–Crippen LogP) is 4.19. The summed E-state index contributed by atoms with van der Waals surface area (Å²) in [6.45, 7) is 7.67. The highest BCUT2D eigenvalue weighted by Crippen LogP contribution is 2.27. The maximum absolute atomic E-state index is 12.4. The predicted molar refractivity (Wildman–Crippen MR) is 83.4 cm³/mol. The van der Waals surface area contributed by atoms with Gasteiger partial charge in [-0.3, -0.25) is 4.98 Å². The Labute approximate surface area is 126 Å². The van der Waals surface area contributed by atoms with Crippen LogP contribution in [0.2, 0.25) is 0 Å². The Balaban J connectivity index is 2.35. The number of aromatic nitrogens is 1. The fourth-order valence-electron chi connectivity index (χ4n) is 2.19. The van der Waals surface area contributed by atoms with Gasteiger partial charge in [0.25, 0.3) is 0 Å². The van der Waals surface area contributed by atoms with Crippen molar-refractivity contribution in [3.05, 3.63) is 65.5 Å². The van der Waals surface area contributed by atoms with Crippen LogP contribution in [0.25, 0.3) is 0 Å². The zero-order valence-corrected chi connectivity index (χ0v) is 13.0. The average Bonchev–Trinajstić information content (AvgIpc) is 2.45. The Morgan fingerprint density at radius 3 is 2.43 bits per heavy atom. The summed E-state index contributed by atoms with van der Waals surface area (Å²) in [5, 5.41) is 0. The number of benzene rings is 1. The molecule has 0 aliphatic heterocycles. The zero-order chi connectivity index (χ0) is 15.5. The van der Waals surface area contributed by atoms with Crippen LogP contribution in [-0.4, -0.2) is 16.6 Å². The molecule has 0 bridgehead atoms. The Kier molecular flexibility index (Phi) is 4.41. The van der Waals surface area contributed by atoms with Crippen LogP contribution in [0.3, 0.4) is 0 Å². The van der Waals surface area contributed by atoms with E-state index >= 15 is 0 Å². The second-order valence-corrected chi connectivity index (χ2v) is 6.10. The van der Waals surface area contributed by atoms with Crippen molar-refractivity contribution in [3.8, 4) is 0 Å². The van der Waals surface area contributed by atoms with Gasteiger partial charge in [0.05, 0.1) is 5.56 Å². The van der Waals surface area contributed by atoms with Gasteiger partial charge in [0.15, 0.2) is 0 Å². The van der Waals surface area contributed by atoms with E-state index in [4.69, 9.17) is 4.74 Å². The molecule has 0 radical (unpaired) electrons. The number of ether oxygens (including phenoxy) is 1. The highest BCUT2D eigenvalue weighted by molar-refractivity contribution is 5.91. The molecular weight excluding hydrogens is 262 g/mol. The standard InChI is InChI=1S/C18H21NO2/c1-13(14-8-6-5-7-9-14)16-12-19-11-10-15(16)17(20)21-18(2,3)4/h5-13H,1-4H3. The van der Waals surface area contributed by atoms with E-state index in [2.05, 4.69) is 24.0 Å². The van der Waals surface area contributed by atoms with Crippen molar-refractivity contribution in [2.75, 3.05) is 0 Å². The molecule has 1 unspecified atom stereocenters. The van der Waals surface area contributed by atoms with E-state index < -0.39 is 5.60 Å². The van der Waals surface area contributed by atoms with Gasteiger partial charge in [-0.15, -0.1) is 0 Å². The van der Waals surface area contributed by atoms with Crippen molar-refractivity contribution in [1.29, 1.82) is 0 Å². The summed E-state index contributed by atoms with van der Waals surface area (Å²) in [6, 6.07) is 11.8. The van der Waals surface area contributed by atoms with E-state index in [-0.39, 0.29) is 11.9 Å². The topological polar surface area (TPSA) is 39.2 Å². The smallest absolute Gasteiger partial charge is 0.339 e.